The number of fused-ring (bicyclic) bond motifs is 2. The van der Waals surface area contributed by atoms with E-state index >= 15 is 0 Å². The van der Waals surface area contributed by atoms with Gasteiger partial charge in [0.15, 0.2) is 17.3 Å². The summed E-state index contributed by atoms with van der Waals surface area (Å²) in [6.07, 6.45) is -2.44. The van der Waals surface area contributed by atoms with Crippen LogP contribution in [0.2, 0.25) is 0 Å². The second-order valence-electron chi connectivity index (χ2n) is 10.5. The Kier molecular flexibility index (Phi) is 5.70. The van der Waals surface area contributed by atoms with Crippen LogP contribution in [0.1, 0.15) is 26.3 Å². The predicted molar refractivity (Wildman–Crippen MR) is 135 cm³/mol. The molecule has 39 heavy (non-hydrogen) atoms. The van der Waals surface area contributed by atoms with Gasteiger partial charge in [0.25, 0.3) is 5.56 Å². The van der Waals surface area contributed by atoms with Gasteiger partial charge in [-0.25, -0.2) is 0 Å². The van der Waals surface area contributed by atoms with Crippen molar-refractivity contribution >= 4 is 11.6 Å². The molecule has 0 spiro atoms. The van der Waals surface area contributed by atoms with Crippen molar-refractivity contribution in [3.63, 3.8) is 0 Å². The summed E-state index contributed by atoms with van der Waals surface area (Å²) < 4.78 is 55.0. The molecule has 6 rings (SSSR count). The first-order valence-corrected chi connectivity index (χ1v) is 12.4. The van der Waals surface area contributed by atoms with E-state index in [1.165, 1.54) is 16.7 Å². The molecular formula is C28H26F2N2O7. The van der Waals surface area contributed by atoms with Crippen molar-refractivity contribution < 1.29 is 37.3 Å². The number of rotatable bonds is 5. The molecule has 3 aliphatic rings. The summed E-state index contributed by atoms with van der Waals surface area (Å²) in [5, 5.41) is 2.76. The van der Waals surface area contributed by atoms with Gasteiger partial charge in [-0.15, -0.1) is 8.78 Å². The van der Waals surface area contributed by atoms with E-state index in [9.17, 15) is 18.4 Å². The molecule has 9 nitrogen and oxygen atoms in total. The lowest BCUT2D eigenvalue weighted by atomic mass is 9.83. The van der Waals surface area contributed by atoms with Crippen molar-refractivity contribution in [2.75, 3.05) is 18.5 Å². The molecule has 2 atom stereocenters. The van der Waals surface area contributed by atoms with Crippen molar-refractivity contribution in [3.05, 3.63) is 70.6 Å². The minimum Gasteiger partial charge on any atom is -0.492 e. The second-order valence-corrected chi connectivity index (χ2v) is 10.5. The van der Waals surface area contributed by atoms with E-state index in [1.54, 1.807) is 33.0 Å². The molecule has 0 saturated carbocycles. The number of alkyl halides is 2. The summed E-state index contributed by atoms with van der Waals surface area (Å²) in [6.45, 7) is 5.68. The maximum atomic E-state index is 13.7. The number of amides is 1. The number of ether oxygens (including phenoxy) is 5. The van der Waals surface area contributed by atoms with Gasteiger partial charge in [-0.2, -0.15) is 0 Å². The number of aromatic nitrogens is 1. The van der Waals surface area contributed by atoms with Gasteiger partial charge < -0.3 is 33.6 Å². The lowest BCUT2D eigenvalue weighted by Gasteiger charge is -2.23. The largest absolute Gasteiger partial charge is 0.586 e. The molecule has 1 fully saturated rings. The molecule has 1 amide bonds. The third kappa shape index (κ3) is 4.61. The number of carbonyl (C=O) groups excluding carboxylic acids is 1. The third-order valence-electron chi connectivity index (χ3n) is 7.02. The van der Waals surface area contributed by atoms with Crippen LogP contribution >= 0.6 is 0 Å². The third-order valence-corrected chi connectivity index (χ3v) is 7.02. The van der Waals surface area contributed by atoms with E-state index in [0.29, 0.717) is 17.7 Å². The highest BCUT2D eigenvalue weighted by Gasteiger charge is 2.49. The Hall–Kier alpha value is -3.96. The molecule has 1 N–H and O–H groups in total. The molecule has 0 radical (unpaired) electrons. The van der Waals surface area contributed by atoms with Crippen LogP contribution < -0.4 is 25.1 Å². The van der Waals surface area contributed by atoms with Gasteiger partial charge in [0.2, 0.25) is 5.91 Å². The Morgan fingerprint density at radius 1 is 1.03 bits per heavy atom. The molecule has 204 valence electrons. The quantitative estimate of drug-likeness (QED) is 0.516. The van der Waals surface area contributed by atoms with Crippen molar-refractivity contribution in [1.82, 2.24) is 4.57 Å². The Morgan fingerprint density at radius 3 is 2.44 bits per heavy atom. The number of benzene rings is 2. The lowest BCUT2D eigenvalue weighted by molar-refractivity contribution is -0.286. The first kappa shape index (κ1) is 25.3. The summed E-state index contributed by atoms with van der Waals surface area (Å²) in [4.78, 5) is 27.2. The zero-order valence-corrected chi connectivity index (χ0v) is 21.5. The number of hydrogen-bond acceptors (Lipinski definition) is 7. The molecule has 1 aromatic heterocycles. The average Bonchev–Trinajstić information content (AvgIpc) is 3.51. The minimum absolute atomic E-state index is 0.0569. The van der Waals surface area contributed by atoms with Crippen LogP contribution in [0, 0.1) is 0 Å². The number of nitrogens with one attached hydrogen (secondary N) is 1. The van der Waals surface area contributed by atoms with E-state index in [0.717, 1.165) is 5.56 Å². The van der Waals surface area contributed by atoms with Gasteiger partial charge >= 0.3 is 6.29 Å². The van der Waals surface area contributed by atoms with E-state index in [4.69, 9.17) is 14.2 Å². The normalized spacial score (nSPS) is 23.8. The van der Waals surface area contributed by atoms with Gasteiger partial charge in [-0.05, 0) is 38.5 Å². The van der Waals surface area contributed by atoms with Gasteiger partial charge in [-0.1, -0.05) is 30.3 Å². The maximum absolute atomic E-state index is 13.7. The molecule has 2 aromatic carbocycles. The molecule has 0 aliphatic carbocycles. The zero-order valence-electron chi connectivity index (χ0n) is 21.5. The molecule has 11 heteroatoms. The molecule has 3 aliphatic heterocycles. The number of nitrogens with zero attached hydrogens (tertiary/aromatic N) is 1. The summed E-state index contributed by atoms with van der Waals surface area (Å²) in [5.41, 5.74) is 0.240. The smallest absolute Gasteiger partial charge is 0.492 e. The molecule has 0 unspecified atom stereocenters. The topological polar surface area (TPSA) is 97.3 Å². The molecule has 0 bridgehead atoms. The van der Waals surface area contributed by atoms with Crippen LogP contribution in [0.5, 0.6) is 17.2 Å². The lowest BCUT2D eigenvalue weighted by Crippen LogP contribution is -2.41. The van der Waals surface area contributed by atoms with Crippen LogP contribution in [0.25, 0.3) is 11.1 Å². The highest BCUT2D eigenvalue weighted by Crippen LogP contribution is 2.50. The fourth-order valence-corrected chi connectivity index (χ4v) is 5.00. The fourth-order valence-electron chi connectivity index (χ4n) is 5.00. The summed E-state index contributed by atoms with van der Waals surface area (Å²) in [5.74, 6) is -1.45. The first-order valence-electron chi connectivity index (χ1n) is 12.4. The van der Waals surface area contributed by atoms with E-state index < -0.39 is 29.0 Å². The van der Waals surface area contributed by atoms with Crippen LogP contribution in [0.3, 0.4) is 0 Å². The second kappa shape index (κ2) is 8.78. The van der Waals surface area contributed by atoms with Gasteiger partial charge in [0, 0.05) is 23.4 Å². The highest BCUT2D eigenvalue weighted by atomic mass is 19.3. The van der Waals surface area contributed by atoms with Crippen molar-refractivity contribution in [2.45, 2.75) is 50.9 Å². The molecule has 4 heterocycles. The summed E-state index contributed by atoms with van der Waals surface area (Å²) in [6, 6.07) is 13.6. The van der Waals surface area contributed by atoms with E-state index in [-0.39, 0.29) is 42.2 Å². The van der Waals surface area contributed by atoms with Gasteiger partial charge in [0.1, 0.15) is 29.6 Å². The monoisotopic (exact) mass is 540 g/mol. The number of pyridine rings is 1. The first-order chi connectivity index (χ1) is 18.4. The van der Waals surface area contributed by atoms with E-state index in [2.05, 4.69) is 14.8 Å². The van der Waals surface area contributed by atoms with E-state index in [1.807, 2.05) is 30.3 Å². The molecule has 3 aromatic rings. The number of anilines is 1. The van der Waals surface area contributed by atoms with Crippen LogP contribution in [0.15, 0.2) is 59.5 Å². The van der Waals surface area contributed by atoms with Gasteiger partial charge in [-0.3, -0.25) is 9.59 Å². The van der Waals surface area contributed by atoms with Gasteiger partial charge in [0.05, 0.1) is 13.2 Å². The van der Waals surface area contributed by atoms with Crippen LogP contribution in [0.4, 0.5) is 14.5 Å². The van der Waals surface area contributed by atoms with Crippen molar-refractivity contribution in [1.29, 1.82) is 0 Å². The molecule has 1 saturated heterocycles. The number of carbonyl (C=O) groups is 1. The Labute approximate surface area is 222 Å². The van der Waals surface area contributed by atoms with Crippen molar-refractivity contribution in [3.8, 4) is 28.4 Å². The molecular weight excluding hydrogens is 514 g/mol. The summed E-state index contributed by atoms with van der Waals surface area (Å²) in [7, 11) is 0. The Bertz CT molecular complexity index is 1520. The van der Waals surface area contributed by atoms with Crippen LogP contribution in [-0.4, -0.2) is 41.9 Å². The maximum Gasteiger partial charge on any atom is 0.586 e. The number of halogens is 2. The predicted octanol–water partition coefficient (Wildman–Crippen LogP) is 4.28. The Balaban J connectivity index is 1.34. The van der Waals surface area contributed by atoms with Crippen LogP contribution in [-0.2, 0) is 26.2 Å². The highest BCUT2D eigenvalue weighted by molar-refractivity contribution is 6.00. The Morgan fingerprint density at radius 2 is 1.74 bits per heavy atom. The SMILES string of the molecule is CC1(C)OC[C@@H](Cn2cc(-c3ccccc3)cc(NC(=O)[C@@]3(C)COc4cc5c(cc43)OC(F)(F)O5)c2=O)O1. The van der Waals surface area contributed by atoms with Crippen molar-refractivity contribution in [2.24, 2.45) is 0 Å². The minimum atomic E-state index is -3.80. The standard InChI is InChI=1S/C28H26F2N2O7/c1-26(2)36-14-18(37-26)13-32-12-17(16-7-5-4-6-8-16)9-20(24(32)33)31-25(34)27(3)15-35-21-11-23-22(10-19(21)27)38-28(29,30)39-23/h4-12,18H,13-15H2,1-3H3,(H,31,34)/t18-,27+/m1/s1. The number of hydrogen-bond donors (Lipinski definition) is 1. The average molecular weight is 541 g/mol. The summed E-state index contributed by atoms with van der Waals surface area (Å²) >= 11 is 0. The zero-order chi connectivity index (χ0) is 27.6. The fraction of sp³-hybridized carbons (Fsp3) is 0.357.